The van der Waals surface area contributed by atoms with Crippen LogP contribution in [0.25, 0.3) is 0 Å². The van der Waals surface area contributed by atoms with Gasteiger partial charge in [0, 0.05) is 24.4 Å². The van der Waals surface area contributed by atoms with Gasteiger partial charge in [-0.05, 0) is 38.2 Å². The molecule has 1 fully saturated rings. The van der Waals surface area contributed by atoms with Gasteiger partial charge in [-0.25, -0.2) is 9.79 Å². The first-order valence-corrected chi connectivity index (χ1v) is 13.4. The molecule has 3 aliphatic heterocycles. The number of carbonyl (C=O) groups excluding carboxylic acids is 3. The molecule has 0 spiro atoms. The van der Waals surface area contributed by atoms with E-state index in [9.17, 15) is 14.4 Å². The van der Waals surface area contributed by atoms with Crippen molar-refractivity contribution in [2.75, 3.05) is 41.0 Å². The number of likely N-dealkylation sites (tertiary alicyclic amines) is 1. The topological polar surface area (TPSA) is 107 Å². The van der Waals surface area contributed by atoms with Crippen molar-refractivity contribution < 1.29 is 33.3 Å². The standard InChI is InChI=1S/C27H33N3O7S/c1-6-37-25(32)17-9-8-12-29(14-17)21(31)13-18-15-38-27-28-16(2)22(26(33)36-5)23(30(18)27)19-10-7-11-20(34-3)24(19)35-4/h7,10-11,15,17,23H,6,8-9,12-14H2,1-5H3. The second-order valence-electron chi connectivity index (χ2n) is 9.08. The fourth-order valence-corrected chi connectivity index (χ4v) is 6.05. The van der Waals surface area contributed by atoms with E-state index in [1.54, 1.807) is 39.0 Å². The van der Waals surface area contributed by atoms with Crippen LogP contribution in [0.4, 0.5) is 0 Å². The summed E-state index contributed by atoms with van der Waals surface area (Å²) in [5, 5.41) is 2.53. The van der Waals surface area contributed by atoms with E-state index >= 15 is 0 Å². The van der Waals surface area contributed by atoms with E-state index in [1.807, 2.05) is 22.4 Å². The fraction of sp³-hybridized carbons (Fsp3) is 0.481. The lowest BCUT2D eigenvalue weighted by atomic mass is 9.92. The monoisotopic (exact) mass is 543 g/mol. The number of aliphatic imine (C=N–C) groups is 1. The highest BCUT2D eigenvalue weighted by atomic mass is 32.2. The molecule has 204 valence electrons. The molecule has 2 atom stereocenters. The van der Waals surface area contributed by atoms with Gasteiger partial charge in [-0.15, -0.1) is 0 Å². The van der Waals surface area contributed by atoms with Crippen LogP contribution >= 0.6 is 11.8 Å². The molecule has 1 aromatic carbocycles. The van der Waals surface area contributed by atoms with E-state index in [0.29, 0.717) is 65.3 Å². The van der Waals surface area contributed by atoms with E-state index < -0.39 is 12.0 Å². The summed E-state index contributed by atoms with van der Waals surface area (Å²) in [6, 6.07) is 4.82. The van der Waals surface area contributed by atoms with Crippen LogP contribution in [-0.2, 0) is 23.9 Å². The highest BCUT2D eigenvalue weighted by Crippen LogP contribution is 2.48. The summed E-state index contributed by atoms with van der Waals surface area (Å²) in [4.78, 5) is 47.1. The normalized spacial score (nSPS) is 20.9. The molecule has 0 aromatic heterocycles. The molecule has 0 bridgehead atoms. The molecule has 0 radical (unpaired) electrons. The first-order valence-electron chi connectivity index (χ1n) is 12.5. The minimum atomic E-state index is -0.650. The number of hydrogen-bond donors (Lipinski definition) is 0. The van der Waals surface area contributed by atoms with Crippen molar-refractivity contribution in [1.29, 1.82) is 0 Å². The number of hydrogen-bond acceptors (Lipinski definition) is 10. The van der Waals surface area contributed by atoms with Crippen LogP contribution < -0.4 is 9.47 Å². The third-order valence-corrected chi connectivity index (χ3v) is 7.75. The van der Waals surface area contributed by atoms with Crippen LogP contribution in [0.1, 0.15) is 44.7 Å². The van der Waals surface area contributed by atoms with Gasteiger partial charge >= 0.3 is 11.9 Å². The minimum absolute atomic E-state index is 0.0812. The van der Waals surface area contributed by atoms with Gasteiger partial charge in [0.15, 0.2) is 16.7 Å². The number of nitrogens with zero attached hydrogens (tertiary/aromatic N) is 3. The number of esters is 2. The van der Waals surface area contributed by atoms with E-state index in [-0.39, 0.29) is 24.2 Å². The van der Waals surface area contributed by atoms with Crippen LogP contribution in [0.5, 0.6) is 11.5 Å². The zero-order chi connectivity index (χ0) is 27.4. The van der Waals surface area contributed by atoms with Crippen LogP contribution in [-0.4, -0.2) is 73.8 Å². The van der Waals surface area contributed by atoms with Crippen molar-refractivity contribution in [2.24, 2.45) is 10.9 Å². The first kappa shape index (κ1) is 27.6. The number of piperidine rings is 1. The molecule has 0 aliphatic carbocycles. The third-order valence-electron chi connectivity index (χ3n) is 6.86. The third kappa shape index (κ3) is 5.24. The molecule has 3 aliphatic rings. The zero-order valence-electron chi connectivity index (χ0n) is 22.3. The predicted octanol–water partition coefficient (Wildman–Crippen LogP) is 3.64. The van der Waals surface area contributed by atoms with Gasteiger partial charge in [0.1, 0.15) is 0 Å². The molecule has 3 heterocycles. The Hall–Kier alpha value is -3.47. The fourth-order valence-electron chi connectivity index (χ4n) is 5.09. The Labute approximate surface area is 226 Å². The van der Waals surface area contributed by atoms with Gasteiger partial charge in [0.25, 0.3) is 0 Å². The lowest BCUT2D eigenvalue weighted by Gasteiger charge is -2.37. The SMILES string of the molecule is CCOC(=O)C1CCCN(C(=O)CC2=CSC3=NC(C)=C(C(=O)OC)C(c4cccc(OC)c4OC)N23)C1. The molecule has 1 amide bonds. The second-order valence-corrected chi connectivity index (χ2v) is 9.91. The summed E-state index contributed by atoms with van der Waals surface area (Å²) in [7, 11) is 4.43. The number of carbonyl (C=O) groups is 3. The molecule has 1 saturated heterocycles. The smallest absolute Gasteiger partial charge is 0.338 e. The van der Waals surface area contributed by atoms with Crippen molar-refractivity contribution in [3.63, 3.8) is 0 Å². The maximum absolute atomic E-state index is 13.5. The Morgan fingerprint density at radius 1 is 1.16 bits per heavy atom. The predicted molar refractivity (Wildman–Crippen MR) is 143 cm³/mol. The minimum Gasteiger partial charge on any atom is -0.493 e. The average Bonchev–Trinajstić information content (AvgIpc) is 3.33. The Bertz CT molecular complexity index is 1210. The van der Waals surface area contributed by atoms with Crippen molar-refractivity contribution in [3.05, 3.63) is 46.1 Å². The molecule has 38 heavy (non-hydrogen) atoms. The molecule has 4 rings (SSSR count). The maximum atomic E-state index is 13.5. The van der Waals surface area contributed by atoms with Crippen LogP contribution in [0.15, 0.2) is 45.6 Å². The molecule has 2 unspecified atom stereocenters. The number of para-hydroxylation sites is 1. The number of amidine groups is 1. The first-order chi connectivity index (χ1) is 18.3. The van der Waals surface area contributed by atoms with Crippen LogP contribution in [0.2, 0.25) is 0 Å². The number of amides is 1. The molecular weight excluding hydrogens is 510 g/mol. The average molecular weight is 544 g/mol. The summed E-state index contributed by atoms with van der Waals surface area (Å²) >= 11 is 1.39. The lowest BCUT2D eigenvalue weighted by molar-refractivity contribution is -0.151. The number of thioether (sulfide) groups is 1. The van der Waals surface area contributed by atoms with E-state index in [0.717, 1.165) is 6.42 Å². The number of fused-ring (bicyclic) bond motifs is 1. The summed E-state index contributed by atoms with van der Waals surface area (Å²) in [5.41, 5.74) is 2.25. The molecule has 1 aromatic rings. The highest BCUT2D eigenvalue weighted by Gasteiger charge is 2.43. The Morgan fingerprint density at radius 3 is 2.63 bits per heavy atom. The van der Waals surface area contributed by atoms with E-state index in [4.69, 9.17) is 18.9 Å². The molecule has 0 N–H and O–H groups in total. The van der Waals surface area contributed by atoms with Gasteiger partial charge in [0.05, 0.1) is 57.6 Å². The Morgan fingerprint density at radius 2 is 1.95 bits per heavy atom. The molecular formula is C27H33N3O7S. The van der Waals surface area contributed by atoms with Crippen molar-refractivity contribution in [3.8, 4) is 11.5 Å². The molecule has 10 nitrogen and oxygen atoms in total. The van der Waals surface area contributed by atoms with Gasteiger partial charge in [-0.2, -0.15) is 0 Å². The summed E-state index contributed by atoms with van der Waals surface area (Å²) in [6.45, 7) is 4.77. The largest absolute Gasteiger partial charge is 0.493 e. The van der Waals surface area contributed by atoms with Crippen LogP contribution in [0, 0.1) is 5.92 Å². The summed E-state index contributed by atoms with van der Waals surface area (Å²) in [5.74, 6) is -0.212. The number of rotatable bonds is 8. The quantitative estimate of drug-likeness (QED) is 0.454. The van der Waals surface area contributed by atoms with Gasteiger partial charge in [-0.1, -0.05) is 23.9 Å². The van der Waals surface area contributed by atoms with E-state index in [2.05, 4.69) is 4.99 Å². The zero-order valence-corrected chi connectivity index (χ0v) is 23.1. The summed E-state index contributed by atoms with van der Waals surface area (Å²) < 4.78 is 21.6. The highest BCUT2D eigenvalue weighted by molar-refractivity contribution is 8.16. The van der Waals surface area contributed by atoms with E-state index in [1.165, 1.54) is 18.9 Å². The Balaban J connectivity index is 1.67. The maximum Gasteiger partial charge on any atom is 0.338 e. The van der Waals surface area contributed by atoms with Gasteiger partial charge in [-0.3, -0.25) is 9.59 Å². The van der Waals surface area contributed by atoms with Gasteiger partial charge in [0.2, 0.25) is 5.91 Å². The lowest BCUT2D eigenvalue weighted by Crippen LogP contribution is -2.44. The van der Waals surface area contributed by atoms with Crippen molar-refractivity contribution in [1.82, 2.24) is 9.80 Å². The van der Waals surface area contributed by atoms with Crippen molar-refractivity contribution >= 4 is 34.8 Å². The summed E-state index contributed by atoms with van der Waals surface area (Å²) in [6.07, 6.45) is 1.52. The number of ether oxygens (including phenoxy) is 4. The number of benzene rings is 1. The Kier molecular flexibility index (Phi) is 8.65. The van der Waals surface area contributed by atoms with Crippen LogP contribution in [0.3, 0.4) is 0 Å². The van der Waals surface area contributed by atoms with Crippen molar-refractivity contribution in [2.45, 2.75) is 39.2 Å². The number of methoxy groups -OCH3 is 3. The van der Waals surface area contributed by atoms with Gasteiger partial charge < -0.3 is 28.7 Å². The second kappa shape index (κ2) is 11.9. The molecule has 0 saturated carbocycles. The molecule has 11 heteroatoms. The number of allylic oxidation sites excluding steroid dienone is 1.